The largest absolute Gasteiger partial charge is 0.481 e. The molecule has 34 heavy (non-hydrogen) atoms. The minimum Gasteiger partial charge on any atom is -0.481 e. The van der Waals surface area contributed by atoms with E-state index in [0.717, 1.165) is 40.9 Å². The number of carbonyl (C=O) groups excluding carboxylic acids is 1. The maximum atomic E-state index is 13.7. The van der Waals surface area contributed by atoms with Crippen molar-refractivity contribution in [2.24, 2.45) is 15.6 Å². The molecule has 0 saturated carbocycles. The van der Waals surface area contributed by atoms with Crippen LogP contribution in [-0.4, -0.2) is 36.1 Å². The molecule has 3 aliphatic rings. The van der Waals surface area contributed by atoms with Crippen LogP contribution in [0.4, 0.5) is 11.6 Å². The zero-order valence-corrected chi connectivity index (χ0v) is 20.3. The summed E-state index contributed by atoms with van der Waals surface area (Å²) < 4.78 is 5.27. The van der Waals surface area contributed by atoms with Crippen LogP contribution in [0.15, 0.2) is 69.8 Å². The van der Waals surface area contributed by atoms with Crippen molar-refractivity contribution in [3.8, 4) is 5.88 Å². The van der Waals surface area contributed by atoms with Crippen LogP contribution < -0.4 is 15.0 Å². The number of nitrogens with one attached hydrogen (secondary N) is 1. The average molecular weight is 459 g/mol. The van der Waals surface area contributed by atoms with Crippen LogP contribution in [0.2, 0.25) is 0 Å². The lowest BCUT2D eigenvalue weighted by Gasteiger charge is -2.48. The van der Waals surface area contributed by atoms with Gasteiger partial charge in [0, 0.05) is 48.3 Å². The Morgan fingerprint density at radius 1 is 1.24 bits per heavy atom. The molecule has 2 unspecified atom stereocenters. The average Bonchev–Trinajstić information content (AvgIpc) is 3.30. The first kappa shape index (κ1) is 22.3. The zero-order valence-electron chi connectivity index (χ0n) is 20.3. The van der Waals surface area contributed by atoms with Gasteiger partial charge in [0.1, 0.15) is 0 Å². The quantitative estimate of drug-likeness (QED) is 0.690. The molecule has 1 aromatic heterocycles. The summed E-state index contributed by atoms with van der Waals surface area (Å²) in [6.45, 7) is 6.44. The van der Waals surface area contributed by atoms with Crippen molar-refractivity contribution in [1.82, 2.24) is 15.3 Å². The number of carbonyl (C=O) groups is 1. The molecule has 2 atom stereocenters. The number of benzene rings is 1. The van der Waals surface area contributed by atoms with Gasteiger partial charge >= 0.3 is 0 Å². The van der Waals surface area contributed by atoms with Crippen LogP contribution in [0, 0.1) is 5.41 Å². The van der Waals surface area contributed by atoms with Crippen LogP contribution >= 0.6 is 0 Å². The highest BCUT2D eigenvalue weighted by Gasteiger charge is 2.53. The van der Waals surface area contributed by atoms with Gasteiger partial charge in [-0.25, -0.2) is 4.98 Å². The molecule has 176 valence electrons. The zero-order chi connectivity index (χ0) is 24.1. The van der Waals surface area contributed by atoms with Crippen molar-refractivity contribution in [2.75, 3.05) is 19.1 Å². The molecular weight excluding hydrogens is 428 g/mol. The molecule has 2 aromatic rings. The number of rotatable bonds is 5. The highest BCUT2D eigenvalue weighted by molar-refractivity contribution is 6.01. The first-order valence-corrected chi connectivity index (χ1v) is 11.6. The second kappa shape index (κ2) is 8.04. The van der Waals surface area contributed by atoms with E-state index in [1.807, 2.05) is 30.3 Å². The highest BCUT2D eigenvalue weighted by Crippen LogP contribution is 2.54. The number of methoxy groups -OCH3 is 1. The Labute approximate surface area is 199 Å². The molecule has 8 heteroatoms. The number of Topliss-reactive ketones (excluding diaryl/α,β-unsaturated/α-hetero) is 1. The van der Waals surface area contributed by atoms with Crippen molar-refractivity contribution in [2.45, 2.75) is 51.6 Å². The van der Waals surface area contributed by atoms with Crippen LogP contribution in [0.1, 0.15) is 45.6 Å². The molecule has 2 aliphatic heterocycles. The number of fused-ring (bicyclic) bond motifs is 1. The summed E-state index contributed by atoms with van der Waals surface area (Å²) in [5.41, 5.74) is 4.18. The van der Waals surface area contributed by atoms with E-state index in [1.54, 1.807) is 19.4 Å². The number of nitrogens with zero attached hydrogens (tertiary/aromatic N) is 5. The Balaban J connectivity index is 1.66. The first-order valence-electron chi connectivity index (χ1n) is 11.6. The topological polar surface area (TPSA) is 92.1 Å². The second-order valence-electron chi connectivity index (χ2n) is 9.92. The fourth-order valence-electron chi connectivity index (χ4n) is 5.59. The van der Waals surface area contributed by atoms with Gasteiger partial charge in [0.2, 0.25) is 11.8 Å². The Bertz CT molecular complexity index is 1250. The third-order valence-corrected chi connectivity index (χ3v) is 7.16. The van der Waals surface area contributed by atoms with Gasteiger partial charge in [-0.05, 0) is 36.0 Å². The molecule has 0 bridgehead atoms. The van der Waals surface area contributed by atoms with Gasteiger partial charge in [-0.15, -0.1) is 0 Å². The minimum absolute atomic E-state index is 0.0921. The summed E-state index contributed by atoms with van der Waals surface area (Å²) >= 11 is 0. The SMILES string of the molecule is CCC1(c2cccc(N(C)c3nccc(OC)n3)c2)C2=CN=NC2NC2=C1C(=O)CC(C)(C)C2. The number of hydrogen-bond donors (Lipinski definition) is 1. The molecule has 0 saturated heterocycles. The molecule has 0 amide bonds. The Hall–Kier alpha value is -3.55. The molecule has 3 heterocycles. The molecule has 1 aliphatic carbocycles. The van der Waals surface area contributed by atoms with E-state index in [9.17, 15) is 4.79 Å². The van der Waals surface area contributed by atoms with Crippen LogP contribution in [0.25, 0.3) is 0 Å². The molecule has 5 rings (SSSR count). The van der Waals surface area contributed by atoms with Crippen LogP contribution in [0.5, 0.6) is 5.88 Å². The first-order chi connectivity index (χ1) is 16.3. The minimum atomic E-state index is -0.589. The smallest absolute Gasteiger partial charge is 0.232 e. The standard InChI is InChI=1S/C26H30N6O2/c1-6-26(16-8-7-9-17(12-16)32(4)24-27-11-10-21(30-24)34-5)18-15-28-31-23(18)29-19-13-25(2,3)14-20(33)22(19)26/h7-12,15,23,29H,6,13-14H2,1-5H3. The number of azo groups is 1. The maximum Gasteiger partial charge on any atom is 0.232 e. The number of anilines is 2. The lowest BCUT2D eigenvalue weighted by atomic mass is 9.59. The third kappa shape index (κ3) is 3.40. The highest BCUT2D eigenvalue weighted by atomic mass is 16.5. The molecule has 0 fully saturated rings. The number of ether oxygens (including phenoxy) is 1. The normalized spacial score (nSPS) is 24.8. The van der Waals surface area contributed by atoms with Gasteiger partial charge in [-0.3, -0.25) is 4.79 Å². The summed E-state index contributed by atoms with van der Waals surface area (Å²) in [6, 6.07) is 10.0. The lowest BCUT2D eigenvalue weighted by molar-refractivity contribution is -0.119. The van der Waals surface area contributed by atoms with Gasteiger partial charge in [0.25, 0.3) is 0 Å². The molecular formula is C26H30N6O2. The van der Waals surface area contributed by atoms with E-state index in [1.165, 1.54) is 0 Å². The molecule has 0 spiro atoms. The van der Waals surface area contributed by atoms with Gasteiger partial charge < -0.3 is 15.0 Å². The molecule has 8 nitrogen and oxygen atoms in total. The fraction of sp³-hybridized carbons (Fsp3) is 0.423. The lowest BCUT2D eigenvalue weighted by Crippen LogP contribution is -2.51. The molecule has 1 aromatic carbocycles. The van der Waals surface area contributed by atoms with Gasteiger partial charge in [0.05, 0.1) is 18.7 Å². The van der Waals surface area contributed by atoms with Crippen LogP contribution in [-0.2, 0) is 10.2 Å². The molecule has 0 radical (unpaired) electrons. The fourth-order valence-corrected chi connectivity index (χ4v) is 5.59. The number of ketones is 1. The summed E-state index contributed by atoms with van der Waals surface area (Å²) in [5, 5.41) is 12.2. The number of allylic oxidation sites excluding steroid dienone is 2. The van der Waals surface area contributed by atoms with Crippen molar-refractivity contribution < 1.29 is 9.53 Å². The predicted molar refractivity (Wildman–Crippen MR) is 130 cm³/mol. The third-order valence-electron chi connectivity index (χ3n) is 7.16. The van der Waals surface area contributed by atoms with Crippen molar-refractivity contribution in [1.29, 1.82) is 0 Å². The van der Waals surface area contributed by atoms with E-state index in [0.29, 0.717) is 18.2 Å². The Morgan fingerprint density at radius 3 is 2.82 bits per heavy atom. The second-order valence-corrected chi connectivity index (χ2v) is 9.92. The van der Waals surface area contributed by atoms with Crippen molar-refractivity contribution >= 4 is 17.4 Å². The van der Waals surface area contributed by atoms with Crippen molar-refractivity contribution in [3.63, 3.8) is 0 Å². The maximum absolute atomic E-state index is 13.7. The van der Waals surface area contributed by atoms with Gasteiger partial charge in [0.15, 0.2) is 11.9 Å². The predicted octanol–water partition coefficient (Wildman–Crippen LogP) is 4.82. The van der Waals surface area contributed by atoms with E-state index in [4.69, 9.17) is 4.74 Å². The summed E-state index contributed by atoms with van der Waals surface area (Å²) in [4.78, 5) is 24.5. The summed E-state index contributed by atoms with van der Waals surface area (Å²) in [6.07, 6.45) is 5.34. The number of aromatic nitrogens is 2. The van der Waals surface area contributed by atoms with E-state index >= 15 is 0 Å². The van der Waals surface area contributed by atoms with Gasteiger partial charge in [-0.1, -0.05) is 32.9 Å². The van der Waals surface area contributed by atoms with Crippen molar-refractivity contribution in [3.05, 3.63) is 65.1 Å². The van der Waals surface area contributed by atoms with Gasteiger partial charge in [-0.2, -0.15) is 15.2 Å². The van der Waals surface area contributed by atoms with Crippen LogP contribution in [0.3, 0.4) is 0 Å². The Morgan fingerprint density at radius 2 is 2.06 bits per heavy atom. The van der Waals surface area contributed by atoms with E-state index in [-0.39, 0.29) is 17.4 Å². The monoisotopic (exact) mass is 458 g/mol. The molecule has 1 N–H and O–H groups in total. The summed E-state index contributed by atoms with van der Waals surface area (Å²) in [5.74, 6) is 1.23. The van der Waals surface area contributed by atoms with E-state index in [2.05, 4.69) is 58.4 Å². The van der Waals surface area contributed by atoms with E-state index < -0.39 is 5.41 Å². The Kier molecular flexibility index (Phi) is 5.26. The summed E-state index contributed by atoms with van der Waals surface area (Å²) in [7, 11) is 3.51. The number of hydrogen-bond acceptors (Lipinski definition) is 8.